The van der Waals surface area contributed by atoms with E-state index in [9.17, 15) is 4.39 Å². The lowest BCUT2D eigenvalue weighted by molar-refractivity contribution is 0.190. The summed E-state index contributed by atoms with van der Waals surface area (Å²) in [5, 5.41) is 2.84. The third-order valence-electron chi connectivity index (χ3n) is 2.03. The molecule has 0 heterocycles. The second-order valence-corrected chi connectivity index (χ2v) is 5.07. The van der Waals surface area contributed by atoms with E-state index < -0.39 is 5.67 Å². The molecule has 0 bridgehead atoms. The van der Waals surface area contributed by atoms with Crippen molar-refractivity contribution >= 4 is 31.9 Å². The van der Waals surface area contributed by atoms with Gasteiger partial charge in [0.15, 0.2) is 0 Å². The number of hydrogen-bond acceptors (Lipinski definition) is 1. The highest BCUT2D eigenvalue weighted by Crippen LogP contribution is 2.31. The van der Waals surface area contributed by atoms with Crippen LogP contribution in [0.3, 0.4) is 0 Å². The molecule has 1 unspecified atom stereocenters. The quantitative estimate of drug-likeness (QED) is 0.895. The molecule has 0 amide bonds. The first-order chi connectivity index (χ1) is 6.47. The summed E-state index contributed by atoms with van der Waals surface area (Å²) in [6, 6.07) is 5.42. The first kappa shape index (κ1) is 12.1. The van der Waals surface area contributed by atoms with Gasteiger partial charge in [-0.1, -0.05) is 6.07 Å². The van der Waals surface area contributed by atoms with Gasteiger partial charge >= 0.3 is 0 Å². The molecule has 0 saturated heterocycles. The molecule has 0 aliphatic carbocycles. The van der Waals surface area contributed by atoms with Crippen LogP contribution in [0.4, 0.5) is 4.39 Å². The van der Waals surface area contributed by atoms with Gasteiger partial charge in [-0.05, 0) is 63.5 Å². The summed E-state index contributed by atoms with van der Waals surface area (Å²) >= 11 is 6.71. The van der Waals surface area contributed by atoms with Gasteiger partial charge in [0, 0.05) is 15.5 Å². The fraction of sp³-hybridized carbons (Fsp3) is 0.400. The van der Waals surface area contributed by atoms with E-state index in [0.717, 1.165) is 8.95 Å². The van der Waals surface area contributed by atoms with Crippen LogP contribution in [0.1, 0.15) is 12.5 Å². The minimum atomic E-state index is -1.34. The summed E-state index contributed by atoms with van der Waals surface area (Å²) in [5.74, 6) is 0. The Bertz CT molecular complexity index is 326. The second kappa shape index (κ2) is 4.73. The molecular formula is C10H12Br2FN. The third kappa shape index (κ3) is 2.78. The lowest BCUT2D eigenvalue weighted by Gasteiger charge is -2.20. The number of nitrogens with one attached hydrogen (secondary N) is 1. The summed E-state index contributed by atoms with van der Waals surface area (Å²) in [6.45, 7) is 1.88. The zero-order valence-electron chi connectivity index (χ0n) is 8.07. The smallest absolute Gasteiger partial charge is 0.145 e. The fourth-order valence-electron chi connectivity index (χ4n) is 1.25. The standard InChI is InChI=1S/C10H12Br2FN/c1-10(13,6-14-2)7-3-4-8(11)9(12)5-7/h3-5,14H,6H2,1-2H3. The van der Waals surface area contributed by atoms with Crippen molar-refractivity contribution in [3.63, 3.8) is 0 Å². The summed E-state index contributed by atoms with van der Waals surface area (Å²) < 4.78 is 15.8. The maximum absolute atomic E-state index is 14.0. The monoisotopic (exact) mass is 323 g/mol. The Labute approximate surface area is 100 Å². The Hall–Kier alpha value is 0.0700. The van der Waals surface area contributed by atoms with Crippen LogP contribution in [0.15, 0.2) is 27.1 Å². The van der Waals surface area contributed by atoms with Crippen molar-refractivity contribution in [2.24, 2.45) is 0 Å². The molecule has 4 heteroatoms. The Morgan fingerprint density at radius 2 is 2.00 bits per heavy atom. The highest BCUT2D eigenvalue weighted by molar-refractivity contribution is 9.13. The first-order valence-corrected chi connectivity index (χ1v) is 5.85. The number of likely N-dealkylation sites (N-methyl/N-ethyl adjacent to an activating group) is 1. The minimum absolute atomic E-state index is 0.307. The Balaban J connectivity index is 3.01. The van der Waals surface area contributed by atoms with Gasteiger partial charge in [-0.3, -0.25) is 0 Å². The number of alkyl halides is 1. The van der Waals surface area contributed by atoms with Crippen LogP contribution in [0, 0.1) is 0 Å². The van der Waals surface area contributed by atoms with E-state index >= 15 is 0 Å². The molecular weight excluding hydrogens is 313 g/mol. The largest absolute Gasteiger partial charge is 0.316 e. The van der Waals surface area contributed by atoms with E-state index in [1.165, 1.54) is 0 Å². The maximum atomic E-state index is 14.0. The average molecular weight is 325 g/mol. The van der Waals surface area contributed by atoms with E-state index in [-0.39, 0.29) is 0 Å². The highest BCUT2D eigenvalue weighted by atomic mass is 79.9. The van der Waals surface area contributed by atoms with Crippen molar-refractivity contribution in [3.05, 3.63) is 32.7 Å². The van der Waals surface area contributed by atoms with Gasteiger partial charge in [0.25, 0.3) is 0 Å². The molecule has 1 atom stereocenters. The van der Waals surface area contributed by atoms with Crippen molar-refractivity contribution in [2.75, 3.05) is 13.6 Å². The molecule has 0 fully saturated rings. The van der Waals surface area contributed by atoms with Gasteiger partial charge in [0.1, 0.15) is 5.67 Å². The molecule has 1 rings (SSSR count). The Morgan fingerprint density at radius 1 is 1.36 bits per heavy atom. The molecule has 0 saturated carbocycles. The van der Waals surface area contributed by atoms with Crippen molar-refractivity contribution < 1.29 is 4.39 Å². The summed E-state index contributed by atoms with van der Waals surface area (Å²) in [5.41, 5.74) is -0.667. The molecule has 1 N–H and O–H groups in total. The SMILES string of the molecule is CNCC(C)(F)c1ccc(Br)c(Br)c1. The molecule has 78 valence electrons. The van der Waals surface area contributed by atoms with Gasteiger partial charge in [-0.2, -0.15) is 0 Å². The number of rotatable bonds is 3. The van der Waals surface area contributed by atoms with E-state index in [1.807, 2.05) is 6.07 Å². The fourth-order valence-corrected chi connectivity index (χ4v) is 1.88. The number of halogens is 3. The van der Waals surface area contributed by atoms with Crippen LogP contribution in [0.2, 0.25) is 0 Å². The Kier molecular flexibility index (Phi) is 4.10. The van der Waals surface area contributed by atoms with Crippen molar-refractivity contribution in [2.45, 2.75) is 12.6 Å². The van der Waals surface area contributed by atoms with Crippen LogP contribution in [0.25, 0.3) is 0 Å². The van der Waals surface area contributed by atoms with E-state index in [0.29, 0.717) is 12.1 Å². The van der Waals surface area contributed by atoms with Crippen LogP contribution < -0.4 is 5.32 Å². The van der Waals surface area contributed by atoms with Crippen LogP contribution in [0.5, 0.6) is 0 Å². The van der Waals surface area contributed by atoms with Gasteiger partial charge in [0.2, 0.25) is 0 Å². The predicted octanol–water partition coefficient (Wildman–Crippen LogP) is 3.62. The summed E-state index contributed by atoms with van der Waals surface area (Å²) in [7, 11) is 1.74. The summed E-state index contributed by atoms with van der Waals surface area (Å²) in [4.78, 5) is 0. The van der Waals surface area contributed by atoms with Gasteiger partial charge < -0.3 is 5.32 Å². The van der Waals surface area contributed by atoms with Crippen LogP contribution in [-0.2, 0) is 5.67 Å². The minimum Gasteiger partial charge on any atom is -0.316 e. The average Bonchev–Trinajstić information content (AvgIpc) is 2.09. The normalized spacial score (nSPS) is 15.2. The summed E-state index contributed by atoms with van der Waals surface area (Å²) in [6.07, 6.45) is 0. The molecule has 1 nitrogen and oxygen atoms in total. The molecule has 0 aliphatic heterocycles. The molecule has 0 radical (unpaired) electrons. The van der Waals surface area contributed by atoms with Gasteiger partial charge in [-0.25, -0.2) is 4.39 Å². The first-order valence-electron chi connectivity index (χ1n) is 4.26. The lowest BCUT2D eigenvalue weighted by Crippen LogP contribution is -2.29. The predicted molar refractivity (Wildman–Crippen MR) is 64.2 cm³/mol. The molecule has 0 aliphatic rings. The molecule has 0 spiro atoms. The van der Waals surface area contributed by atoms with Crippen LogP contribution in [-0.4, -0.2) is 13.6 Å². The van der Waals surface area contributed by atoms with E-state index in [4.69, 9.17) is 0 Å². The number of hydrogen-bond donors (Lipinski definition) is 1. The van der Waals surface area contributed by atoms with Crippen molar-refractivity contribution in [3.8, 4) is 0 Å². The topological polar surface area (TPSA) is 12.0 Å². The molecule has 1 aromatic rings. The zero-order valence-corrected chi connectivity index (χ0v) is 11.2. The van der Waals surface area contributed by atoms with Crippen LogP contribution >= 0.6 is 31.9 Å². The molecule has 14 heavy (non-hydrogen) atoms. The number of benzene rings is 1. The molecule has 0 aromatic heterocycles. The third-order valence-corrected chi connectivity index (χ3v) is 3.91. The second-order valence-electron chi connectivity index (χ2n) is 3.36. The highest BCUT2D eigenvalue weighted by Gasteiger charge is 2.25. The van der Waals surface area contributed by atoms with Crippen molar-refractivity contribution in [1.82, 2.24) is 5.32 Å². The van der Waals surface area contributed by atoms with E-state index in [2.05, 4.69) is 37.2 Å². The van der Waals surface area contributed by atoms with Gasteiger partial charge in [-0.15, -0.1) is 0 Å². The van der Waals surface area contributed by atoms with Gasteiger partial charge in [0.05, 0.1) is 0 Å². The maximum Gasteiger partial charge on any atom is 0.145 e. The van der Waals surface area contributed by atoms with Crippen molar-refractivity contribution in [1.29, 1.82) is 0 Å². The lowest BCUT2D eigenvalue weighted by atomic mass is 9.98. The van der Waals surface area contributed by atoms with E-state index in [1.54, 1.807) is 26.1 Å². The Morgan fingerprint density at radius 3 is 2.50 bits per heavy atom. The molecule has 1 aromatic carbocycles. The zero-order chi connectivity index (χ0) is 10.8.